The van der Waals surface area contributed by atoms with Gasteiger partial charge in [-0.05, 0) is 42.5 Å². The van der Waals surface area contributed by atoms with E-state index in [1.54, 1.807) is 6.07 Å². The van der Waals surface area contributed by atoms with E-state index in [4.69, 9.17) is 18.0 Å². The number of rotatable bonds is 3. The highest BCUT2D eigenvalue weighted by molar-refractivity contribution is 7.80. The van der Waals surface area contributed by atoms with Crippen molar-refractivity contribution in [2.24, 2.45) is 17.6 Å². The Hall–Kier alpha value is -1.00. The molecule has 1 aliphatic rings. The lowest BCUT2D eigenvalue weighted by atomic mass is 9.88. The normalized spacial score (nSPS) is 24.4. The van der Waals surface area contributed by atoms with E-state index in [-0.39, 0.29) is 10.8 Å². The third-order valence-electron chi connectivity index (χ3n) is 4.15. The van der Waals surface area contributed by atoms with Gasteiger partial charge in [-0.25, -0.2) is 4.39 Å². The third-order valence-corrected chi connectivity index (χ3v) is 4.37. The van der Waals surface area contributed by atoms with E-state index in [0.29, 0.717) is 11.5 Å². The van der Waals surface area contributed by atoms with Crippen molar-refractivity contribution < 1.29 is 4.39 Å². The van der Waals surface area contributed by atoms with Crippen LogP contribution in [0.2, 0.25) is 0 Å². The Morgan fingerprint density at radius 1 is 1.42 bits per heavy atom. The van der Waals surface area contributed by atoms with Gasteiger partial charge in [0.2, 0.25) is 0 Å². The minimum Gasteiger partial charge on any atom is -0.389 e. The van der Waals surface area contributed by atoms with Gasteiger partial charge in [-0.1, -0.05) is 32.1 Å². The number of halogens is 1. The van der Waals surface area contributed by atoms with Crippen molar-refractivity contribution in [1.82, 2.24) is 4.90 Å². The van der Waals surface area contributed by atoms with Gasteiger partial charge in [-0.15, -0.1) is 0 Å². The molecule has 1 fully saturated rings. The summed E-state index contributed by atoms with van der Waals surface area (Å²) in [5, 5.41) is 0. The van der Waals surface area contributed by atoms with E-state index < -0.39 is 0 Å². The van der Waals surface area contributed by atoms with Crippen LogP contribution in [-0.4, -0.2) is 23.0 Å². The van der Waals surface area contributed by atoms with Gasteiger partial charge in [0.1, 0.15) is 10.8 Å². The zero-order chi connectivity index (χ0) is 14.0. The molecule has 104 valence electrons. The summed E-state index contributed by atoms with van der Waals surface area (Å²) in [6.07, 6.45) is 1.21. The number of benzene rings is 1. The molecule has 1 aliphatic heterocycles. The summed E-state index contributed by atoms with van der Waals surface area (Å²) in [6, 6.07) is 4.72. The van der Waals surface area contributed by atoms with Crippen LogP contribution in [0, 0.1) is 17.7 Å². The molecule has 2 unspecified atom stereocenters. The van der Waals surface area contributed by atoms with Crippen molar-refractivity contribution >= 4 is 17.2 Å². The zero-order valence-electron chi connectivity index (χ0n) is 11.5. The molecule has 1 aromatic rings. The second kappa shape index (κ2) is 5.97. The fraction of sp³-hybridized carbons (Fsp3) is 0.533. The molecule has 1 heterocycles. The largest absolute Gasteiger partial charge is 0.389 e. The minimum absolute atomic E-state index is 0.271. The zero-order valence-corrected chi connectivity index (χ0v) is 12.3. The molecule has 0 amide bonds. The molecular weight excluding hydrogens is 259 g/mol. The molecule has 0 radical (unpaired) electrons. The predicted molar refractivity (Wildman–Crippen MR) is 80.5 cm³/mol. The lowest BCUT2D eigenvalue weighted by molar-refractivity contribution is 0.132. The molecule has 0 spiro atoms. The standard InChI is InChI=1S/C15H21FN2S/c1-10-5-6-18(8-11(10)2)9-12-3-4-13(16)7-14(12)15(17)19/h3-4,7,10-11H,5-6,8-9H2,1-2H3,(H2,17,19). The Morgan fingerprint density at radius 2 is 2.16 bits per heavy atom. The highest BCUT2D eigenvalue weighted by Crippen LogP contribution is 2.24. The van der Waals surface area contributed by atoms with Crippen molar-refractivity contribution in [3.05, 3.63) is 35.1 Å². The third kappa shape index (κ3) is 3.51. The molecule has 2 atom stereocenters. The quantitative estimate of drug-likeness (QED) is 0.863. The molecule has 0 saturated carbocycles. The van der Waals surface area contributed by atoms with Gasteiger partial charge >= 0.3 is 0 Å². The van der Waals surface area contributed by atoms with Crippen LogP contribution < -0.4 is 5.73 Å². The first-order valence-electron chi connectivity index (χ1n) is 6.78. The Labute approximate surface area is 119 Å². The first kappa shape index (κ1) is 14.4. The number of nitrogens with two attached hydrogens (primary N) is 1. The Kier molecular flexibility index (Phi) is 4.53. The molecule has 4 heteroatoms. The second-order valence-corrected chi connectivity index (χ2v) is 6.08. The molecule has 2 N–H and O–H groups in total. The maximum atomic E-state index is 13.3. The fourth-order valence-corrected chi connectivity index (χ4v) is 2.84. The molecule has 0 bridgehead atoms. The van der Waals surface area contributed by atoms with E-state index in [2.05, 4.69) is 18.7 Å². The van der Waals surface area contributed by atoms with Crippen molar-refractivity contribution in [3.8, 4) is 0 Å². The maximum Gasteiger partial charge on any atom is 0.123 e. The summed E-state index contributed by atoms with van der Waals surface area (Å²) in [7, 11) is 0. The van der Waals surface area contributed by atoms with Crippen LogP contribution in [0.15, 0.2) is 18.2 Å². The van der Waals surface area contributed by atoms with Gasteiger partial charge in [0.05, 0.1) is 0 Å². The van der Waals surface area contributed by atoms with Crippen molar-refractivity contribution in [2.75, 3.05) is 13.1 Å². The fourth-order valence-electron chi connectivity index (χ4n) is 2.65. The number of nitrogens with zero attached hydrogens (tertiary/aromatic N) is 1. The highest BCUT2D eigenvalue weighted by atomic mass is 32.1. The molecule has 1 saturated heterocycles. The van der Waals surface area contributed by atoms with Gasteiger partial charge in [0.25, 0.3) is 0 Å². The number of likely N-dealkylation sites (tertiary alicyclic amines) is 1. The van der Waals surface area contributed by atoms with Gasteiger partial charge in [0.15, 0.2) is 0 Å². The average molecular weight is 280 g/mol. The lowest BCUT2D eigenvalue weighted by Crippen LogP contribution is -2.38. The second-order valence-electron chi connectivity index (χ2n) is 5.64. The van der Waals surface area contributed by atoms with Crippen LogP contribution in [0.4, 0.5) is 4.39 Å². The molecule has 2 nitrogen and oxygen atoms in total. The average Bonchev–Trinajstić information content (AvgIpc) is 2.36. The van der Waals surface area contributed by atoms with Crippen LogP contribution in [0.1, 0.15) is 31.4 Å². The van der Waals surface area contributed by atoms with Gasteiger partial charge in [-0.3, -0.25) is 4.90 Å². The minimum atomic E-state index is -0.285. The van der Waals surface area contributed by atoms with Gasteiger partial charge in [0, 0.05) is 18.7 Å². The summed E-state index contributed by atoms with van der Waals surface area (Å²) in [6.45, 7) is 7.55. The maximum absolute atomic E-state index is 13.3. The van der Waals surface area contributed by atoms with Crippen LogP contribution in [0.3, 0.4) is 0 Å². The Balaban J connectivity index is 2.13. The van der Waals surface area contributed by atoms with Crippen LogP contribution >= 0.6 is 12.2 Å². The predicted octanol–water partition coefficient (Wildman–Crippen LogP) is 2.94. The molecule has 19 heavy (non-hydrogen) atoms. The van der Waals surface area contributed by atoms with E-state index >= 15 is 0 Å². The molecule has 0 aromatic heterocycles. The summed E-state index contributed by atoms with van der Waals surface area (Å²) >= 11 is 5.01. The van der Waals surface area contributed by atoms with Gasteiger partial charge < -0.3 is 5.73 Å². The number of piperidine rings is 1. The topological polar surface area (TPSA) is 29.3 Å². The van der Waals surface area contributed by atoms with E-state index in [9.17, 15) is 4.39 Å². The molecule has 0 aliphatic carbocycles. The lowest BCUT2D eigenvalue weighted by Gasteiger charge is -2.35. The number of thiocarbonyl (C=S) groups is 1. The number of hydrogen-bond donors (Lipinski definition) is 1. The summed E-state index contributed by atoms with van der Waals surface area (Å²) in [5.74, 6) is 1.19. The van der Waals surface area contributed by atoms with Crippen molar-refractivity contribution in [2.45, 2.75) is 26.8 Å². The summed E-state index contributed by atoms with van der Waals surface area (Å²) in [5.41, 5.74) is 7.38. The van der Waals surface area contributed by atoms with Crippen molar-refractivity contribution in [3.63, 3.8) is 0 Å². The van der Waals surface area contributed by atoms with Crippen molar-refractivity contribution in [1.29, 1.82) is 0 Å². The van der Waals surface area contributed by atoms with Crippen LogP contribution in [0.25, 0.3) is 0 Å². The van der Waals surface area contributed by atoms with Crippen LogP contribution in [-0.2, 0) is 6.54 Å². The first-order valence-corrected chi connectivity index (χ1v) is 7.18. The van der Waals surface area contributed by atoms with E-state index in [0.717, 1.165) is 31.1 Å². The van der Waals surface area contributed by atoms with Gasteiger partial charge in [-0.2, -0.15) is 0 Å². The Bertz CT molecular complexity index is 475. The highest BCUT2D eigenvalue weighted by Gasteiger charge is 2.23. The molecule has 2 rings (SSSR count). The summed E-state index contributed by atoms with van der Waals surface area (Å²) < 4.78 is 13.3. The first-order chi connectivity index (χ1) is 8.97. The monoisotopic (exact) mass is 280 g/mol. The SMILES string of the molecule is CC1CCN(Cc2ccc(F)cc2C(N)=S)CC1C. The molecular formula is C15H21FN2S. The van der Waals surface area contributed by atoms with Crippen LogP contribution in [0.5, 0.6) is 0 Å². The number of hydrogen-bond acceptors (Lipinski definition) is 2. The molecule has 1 aromatic carbocycles. The Morgan fingerprint density at radius 3 is 2.79 bits per heavy atom. The van der Waals surface area contributed by atoms with E-state index in [1.807, 2.05) is 0 Å². The smallest absolute Gasteiger partial charge is 0.123 e. The summed E-state index contributed by atoms with van der Waals surface area (Å²) in [4.78, 5) is 2.67. The van der Waals surface area contributed by atoms with E-state index in [1.165, 1.54) is 18.6 Å².